The Bertz CT molecular complexity index is 695. The van der Waals surface area contributed by atoms with Gasteiger partial charge >= 0.3 is 0 Å². The molecule has 26 heavy (non-hydrogen) atoms. The van der Waals surface area contributed by atoms with Crippen LogP contribution in [0.3, 0.4) is 0 Å². The van der Waals surface area contributed by atoms with Crippen LogP contribution in [0.2, 0.25) is 0 Å². The second-order valence-electron chi connectivity index (χ2n) is 6.22. The highest BCUT2D eigenvalue weighted by molar-refractivity contribution is 5.15. The molecule has 4 atom stereocenters. The zero-order valence-corrected chi connectivity index (χ0v) is 14.9. The molecule has 1 fully saturated rings. The topological polar surface area (TPSA) is 36.9 Å². The van der Waals surface area contributed by atoms with Gasteiger partial charge in [-0.3, -0.25) is 0 Å². The molecule has 0 aromatic heterocycles. The highest BCUT2D eigenvalue weighted by atomic mass is 16.6. The van der Waals surface area contributed by atoms with Crippen LogP contribution in [0.25, 0.3) is 0 Å². The normalized spacial score (nSPS) is 25.1. The molecule has 1 heterocycles. The van der Waals surface area contributed by atoms with Crippen molar-refractivity contribution in [1.29, 1.82) is 0 Å². The molecule has 0 saturated carbocycles. The SMILES string of the molecule is C#C[C@@H]1O[C@H](COCc2ccccc2)[C@@H](OCc2ccccc2)[C@H]1OC. The Balaban J connectivity index is 1.60. The lowest BCUT2D eigenvalue weighted by Gasteiger charge is -2.23. The Hall–Kier alpha value is -2.16. The van der Waals surface area contributed by atoms with Crippen molar-refractivity contribution in [2.75, 3.05) is 13.7 Å². The zero-order valence-electron chi connectivity index (χ0n) is 14.9. The minimum atomic E-state index is -0.439. The summed E-state index contributed by atoms with van der Waals surface area (Å²) in [5, 5.41) is 0. The Labute approximate surface area is 155 Å². The third-order valence-corrected chi connectivity index (χ3v) is 4.43. The summed E-state index contributed by atoms with van der Waals surface area (Å²) < 4.78 is 23.5. The predicted molar refractivity (Wildman–Crippen MR) is 99.4 cm³/mol. The van der Waals surface area contributed by atoms with Gasteiger partial charge in [-0.25, -0.2) is 0 Å². The minimum absolute atomic E-state index is 0.270. The molecule has 0 spiro atoms. The molecular weight excluding hydrogens is 328 g/mol. The lowest BCUT2D eigenvalue weighted by atomic mass is 10.1. The summed E-state index contributed by atoms with van der Waals surface area (Å²) in [6.07, 6.45) is 4.30. The van der Waals surface area contributed by atoms with E-state index in [2.05, 4.69) is 5.92 Å². The van der Waals surface area contributed by atoms with Gasteiger partial charge in [0.2, 0.25) is 0 Å². The highest BCUT2D eigenvalue weighted by Gasteiger charge is 2.45. The zero-order chi connectivity index (χ0) is 18.2. The minimum Gasteiger partial charge on any atom is -0.375 e. The van der Waals surface area contributed by atoms with Crippen LogP contribution in [0.15, 0.2) is 60.7 Å². The van der Waals surface area contributed by atoms with Gasteiger partial charge in [-0.15, -0.1) is 6.42 Å². The third kappa shape index (κ3) is 4.72. The molecule has 0 bridgehead atoms. The summed E-state index contributed by atoms with van der Waals surface area (Å²) in [5.74, 6) is 2.65. The van der Waals surface area contributed by atoms with E-state index in [1.165, 1.54) is 0 Å². The van der Waals surface area contributed by atoms with Crippen molar-refractivity contribution < 1.29 is 18.9 Å². The molecule has 1 aliphatic heterocycles. The van der Waals surface area contributed by atoms with Gasteiger partial charge in [0, 0.05) is 7.11 Å². The van der Waals surface area contributed by atoms with Crippen LogP contribution in [0.5, 0.6) is 0 Å². The van der Waals surface area contributed by atoms with Crippen molar-refractivity contribution in [3.05, 3.63) is 71.8 Å². The maximum atomic E-state index is 6.11. The average Bonchev–Trinajstić information content (AvgIpc) is 3.04. The van der Waals surface area contributed by atoms with Gasteiger partial charge in [0.05, 0.1) is 19.8 Å². The van der Waals surface area contributed by atoms with Crippen LogP contribution in [0, 0.1) is 12.3 Å². The Morgan fingerprint density at radius 1 is 0.923 bits per heavy atom. The quantitative estimate of drug-likeness (QED) is 0.684. The predicted octanol–water partition coefficient (Wildman–Crippen LogP) is 3.20. The van der Waals surface area contributed by atoms with Gasteiger partial charge in [0.25, 0.3) is 0 Å². The molecule has 2 aromatic rings. The number of ether oxygens (including phenoxy) is 4. The molecule has 0 radical (unpaired) electrons. The first-order chi connectivity index (χ1) is 12.8. The van der Waals surface area contributed by atoms with E-state index in [-0.39, 0.29) is 18.3 Å². The summed E-state index contributed by atoms with van der Waals surface area (Å²) in [6, 6.07) is 20.0. The first kappa shape index (κ1) is 18.6. The van der Waals surface area contributed by atoms with Crippen molar-refractivity contribution >= 4 is 0 Å². The lowest BCUT2D eigenvalue weighted by Crippen LogP contribution is -2.38. The molecule has 0 amide bonds. The number of benzene rings is 2. The van der Waals surface area contributed by atoms with Crippen molar-refractivity contribution in [2.45, 2.75) is 37.6 Å². The van der Waals surface area contributed by atoms with Crippen LogP contribution in [-0.2, 0) is 32.2 Å². The van der Waals surface area contributed by atoms with E-state index >= 15 is 0 Å². The fourth-order valence-corrected chi connectivity index (χ4v) is 3.09. The molecule has 3 rings (SSSR count). The molecule has 4 nitrogen and oxygen atoms in total. The summed E-state index contributed by atoms with van der Waals surface area (Å²) in [7, 11) is 1.63. The van der Waals surface area contributed by atoms with E-state index in [1.54, 1.807) is 7.11 Å². The fourth-order valence-electron chi connectivity index (χ4n) is 3.09. The number of hydrogen-bond acceptors (Lipinski definition) is 4. The van der Waals surface area contributed by atoms with Gasteiger partial charge in [0.15, 0.2) is 0 Å². The molecule has 136 valence electrons. The summed E-state index contributed by atoms with van der Waals surface area (Å²) in [6.45, 7) is 1.39. The highest BCUT2D eigenvalue weighted by Crippen LogP contribution is 2.27. The smallest absolute Gasteiger partial charge is 0.147 e. The molecule has 0 N–H and O–H groups in total. The van der Waals surface area contributed by atoms with E-state index in [4.69, 9.17) is 25.4 Å². The van der Waals surface area contributed by atoms with Crippen molar-refractivity contribution in [3.63, 3.8) is 0 Å². The van der Waals surface area contributed by atoms with Crippen LogP contribution >= 0.6 is 0 Å². The first-order valence-corrected chi connectivity index (χ1v) is 8.73. The van der Waals surface area contributed by atoms with Crippen LogP contribution < -0.4 is 0 Å². The number of rotatable bonds is 8. The van der Waals surface area contributed by atoms with Gasteiger partial charge < -0.3 is 18.9 Å². The standard InChI is InChI=1S/C22H24O4/c1-3-19-21(23-2)22(25-15-18-12-8-5-9-13-18)20(26-19)16-24-14-17-10-6-4-7-11-17/h1,4-13,19-22H,14-16H2,2H3/t19-,20+,21-,22+/m0/s1. The van der Waals surface area contributed by atoms with Gasteiger partial charge in [-0.05, 0) is 11.1 Å². The summed E-state index contributed by atoms with van der Waals surface area (Å²) in [4.78, 5) is 0. The molecule has 4 heteroatoms. The molecule has 0 aliphatic carbocycles. The molecular formula is C22H24O4. The number of hydrogen-bond donors (Lipinski definition) is 0. The monoisotopic (exact) mass is 352 g/mol. The summed E-state index contributed by atoms with van der Waals surface area (Å²) in [5.41, 5.74) is 2.21. The molecule has 0 unspecified atom stereocenters. The molecule has 1 saturated heterocycles. The molecule has 2 aromatic carbocycles. The second kappa shape index (κ2) is 9.51. The maximum Gasteiger partial charge on any atom is 0.147 e. The largest absolute Gasteiger partial charge is 0.375 e. The van der Waals surface area contributed by atoms with Crippen molar-refractivity contribution in [1.82, 2.24) is 0 Å². The van der Waals surface area contributed by atoms with Gasteiger partial charge in [0.1, 0.15) is 24.4 Å². The van der Waals surface area contributed by atoms with Crippen LogP contribution in [0.1, 0.15) is 11.1 Å². The van der Waals surface area contributed by atoms with Gasteiger partial charge in [-0.1, -0.05) is 66.6 Å². The third-order valence-electron chi connectivity index (χ3n) is 4.43. The van der Waals surface area contributed by atoms with Gasteiger partial charge in [-0.2, -0.15) is 0 Å². The maximum absolute atomic E-state index is 6.11. The summed E-state index contributed by atoms with van der Waals surface area (Å²) >= 11 is 0. The van der Waals surface area contributed by atoms with E-state index < -0.39 is 6.10 Å². The number of methoxy groups -OCH3 is 1. The number of terminal acetylenes is 1. The Morgan fingerprint density at radius 2 is 1.54 bits per heavy atom. The lowest BCUT2D eigenvalue weighted by molar-refractivity contribution is -0.0800. The van der Waals surface area contributed by atoms with E-state index in [0.717, 1.165) is 11.1 Å². The van der Waals surface area contributed by atoms with E-state index in [9.17, 15) is 0 Å². The van der Waals surface area contributed by atoms with E-state index in [1.807, 2.05) is 60.7 Å². The van der Waals surface area contributed by atoms with Crippen LogP contribution in [-0.4, -0.2) is 38.1 Å². The average molecular weight is 352 g/mol. The fraction of sp³-hybridized carbons (Fsp3) is 0.364. The van der Waals surface area contributed by atoms with E-state index in [0.29, 0.717) is 19.8 Å². The second-order valence-corrected chi connectivity index (χ2v) is 6.22. The molecule has 1 aliphatic rings. The van der Waals surface area contributed by atoms with Crippen molar-refractivity contribution in [3.8, 4) is 12.3 Å². The first-order valence-electron chi connectivity index (χ1n) is 8.73. The Morgan fingerprint density at radius 3 is 2.12 bits per heavy atom. The van der Waals surface area contributed by atoms with Crippen molar-refractivity contribution in [2.24, 2.45) is 0 Å². The Kier molecular flexibility index (Phi) is 6.82. The van der Waals surface area contributed by atoms with Crippen LogP contribution in [0.4, 0.5) is 0 Å².